The molecule has 0 saturated heterocycles. The number of benzene rings is 1. The SMILES string of the molecule is CC(C)C(CN)CNc1ccc2c(c1)OC(F)(F)O2. The molecule has 1 aromatic rings. The summed E-state index contributed by atoms with van der Waals surface area (Å²) in [5, 5.41) is 3.17. The molecule has 3 N–H and O–H groups in total. The Labute approximate surface area is 110 Å². The molecule has 4 nitrogen and oxygen atoms in total. The molecule has 106 valence electrons. The van der Waals surface area contributed by atoms with E-state index >= 15 is 0 Å². The molecule has 0 aromatic heterocycles. The maximum absolute atomic E-state index is 12.9. The van der Waals surface area contributed by atoms with E-state index in [2.05, 4.69) is 28.6 Å². The zero-order valence-corrected chi connectivity index (χ0v) is 11.0. The minimum absolute atomic E-state index is 0.0452. The molecule has 0 spiro atoms. The molecule has 0 fully saturated rings. The lowest BCUT2D eigenvalue weighted by atomic mass is 9.96. The molecule has 2 rings (SSSR count). The van der Waals surface area contributed by atoms with Gasteiger partial charge in [0, 0.05) is 18.3 Å². The van der Waals surface area contributed by atoms with Gasteiger partial charge in [-0.2, -0.15) is 0 Å². The molecule has 0 aliphatic carbocycles. The zero-order chi connectivity index (χ0) is 14.0. The summed E-state index contributed by atoms with van der Waals surface area (Å²) in [7, 11) is 0. The molecule has 1 aliphatic heterocycles. The minimum atomic E-state index is -3.57. The lowest BCUT2D eigenvalue weighted by Gasteiger charge is -2.19. The predicted molar refractivity (Wildman–Crippen MR) is 68.5 cm³/mol. The van der Waals surface area contributed by atoms with E-state index in [9.17, 15) is 8.78 Å². The molecule has 0 radical (unpaired) electrons. The van der Waals surface area contributed by atoms with E-state index < -0.39 is 6.29 Å². The van der Waals surface area contributed by atoms with Crippen LogP contribution < -0.4 is 20.5 Å². The summed E-state index contributed by atoms with van der Waals surface area (Å²) in [6.45, 7) is 5.45. The van der Waals surface area contributed by atoms with E-state index in [-0.39, 0.29) is 11.5 Å². The van der Waals surface area contributed by atoms with Crippen molar-refractivity contribution < 1.29 is 18.3 Å². The van der Waals surface area contributed by atoms with E-state index in [0.717, 1.165) is 0 Å². The van der Waals surface area contributed by atoms with Crippen LogP contribution in [0.5, 0.6) is 11.5 Å². The van der Waals surface area contributed by atoms with Crippen LogP contribution in [0.3, 0.4) is 0 Å². The molecule has 0 amide bonds. The Kier molecular flexibility index (Phi) is 3.80. The number of nitrogens with one attached hydrogen (secondary N) is 1. The topological polar surface area (TPSA) is 56.5 Å². The second kappa shape index (κ2) is 5.21. The zero-order valence-electron chi connectivity index (χ0n) is 11.0. The molecular weight excluding hydrogens is 254 g/mol. The van der Waals surface area contributed by atoms with Crippen LogP contribution in [0.4, 0.5) is 14.5 Å². The lowest BCUT2D eigenvalue weighted by Crippen LogP contribution is -2.27. The Bertz CT molecular complexity index is 452. The van der Waals surface area contributed by atoms with Gasteiger partial charge in [-0.15, -0.1) is 8.78 Å². The molecule has 0 bridgehead atoms. The Balaban J connectivity index is 2.00. The first-order valence-electron chi connectivity index (χ1n) is 6.25. The van der Waals surface area contributed by atoms with Crippen LogP contribution in [0, 0.1) is 11.8 Å². The second-order valence-electron chi connectivity index (χ2n) is 4.95. The molecule has 1 atom stereocenters. The number of ether oxygens (including phenoxy) is 2. The summed E-state index contributed by atoms with van der Waals surface area (Å²) < 4.78 is 34.4. The van der Waals surface area contributed by atoms with Gasteiger partial charge in [0.15, 0.2) is 11.5 Å². The maximum atomic E-state index is 12.9. The first-order chi connectivity index (χ1) is 8.91. The molecule has 1 aliphatic rings. The summed E-state index contributed by atoms with van der Waals surface area (Å²) in [6.07, 6.45) is -3.57. The number of alkyl halides is 2. The highest BCUT2D eigenvalue weighted by Gasteiger charge is 2.43. The van der Waals surface area contributed by atoms with Crippen molar-refractivity contribution in [3.8, 4) is 11.5 Å². The van der Waals surface area contributed by atoms with Gasteiger partial charge in [0.05, 0.1) is 0 Å². The third kappa shape index (κ3) is 3.26. The van der Waals surface area contributed by atoms with Crippen molar-refractivity contribution in [2.75, 3.05) is 18.4 Å². The van der Waals surface area contributed by atoms with Crippen LogP contribution in [0.25, 0.3) is 0 Å². The number of halogens is 2. The van der Waals surface area contributed by atoms with Crippen LogP contribution >= 0.6 is 0 Å². The van der Waals surface area contributed by atoms with Crippen LogP contribution in [-0.4, -0.2) is 19.4 Å². The fraction of sp³-hybridized carbons (Fsp3) is 0.538. The fourth-order valence-electron chi connectivity index (χ4n) is 1.90. The second-order valence-corrected chi connectivity index (χ2v) is 4.95. The smallest absolute Gasteiger partial charge is 0.395 e. The largest absolute Gasteiger partial charge is 0.586 e. The van der Waals surface area contributed by atoms with Gasteiger partial charge in [-0.3, -0.25) is 0 Å². The highest BCUT2D eigenvalue weighted by Crippen LogP contribution is 2.42. The van der Waals surface area contributed by atoms with Gasteiger partial charge in [-0.05, 0) is 30.5 Å². The molecule has 1 unspecified atom stereocenters. The first kappa shape index (κ1) is 13.9. The van der Waals surface area contributed by atoms with Gasteiger partial charge in [0.1, 0.15) is 0 Å². The van der Waals surface area contributed by atoms with E-state index in [0.29, 0.717) is 30.6 Å². The van der Waals surface area contributed by atoms with E-state index in [1.54, 1.807) is 6.07 Å². The Morgan fingerprint density at radius 2 is 1.95 bits per heavy atom. The molecule has 19 heavy (non-hydrogen) atoms. The summed E-state index contributed by atoms with van der Waals surface area (Å²) in [4.78, 5) is 0. The summed E-state index contributed by atoms with van der Waals surface area (Å²) in [5.41, 5.74) is 6.39. The first-order valence-corrected chi connectivity index (χ1v) is 6.25. The number of fused-ring (bicyclic) bond motifs is 1. The van der Waals surface area contributed by atoms with Crippen molar-refractivity contribution in [3.05, 3.63) is 18.2 Å². The lowest BCUT2D eigenvalue weighted by molar-refractivity contribution is -0.286. The quantitative estimate of drug-likeness (QED) is 0.865. The van der Waals surface area contributed by atoms with Crippen molar-refractivity contribution >= 4 is 5.69 Å². The Morgan fingerprint density at radius 1 is 1.26 bits per heavy atom. The summed E-state index contributed by atoms with van der Waals surface area (Å²) in [6, 6.07) is 4.65. The van der Waals surface area contributed by atoms with Gasteiger partial charge < -0.3 is 20.5 Å². The van der Waals surface area contributed by atoms with Gasteiger partial charge in [-0.1, -0.05) is 13.8 Å². The number of rotatable bonds is 5. The maximum Gasteiger partial charge on any atom is 0.586 e. The minimum Gasteiger partial charge on any atom is -0.395 e. The predicted octanol–water partition coefficient (Wildman–Crippen LogP) is 2.65. The van der Waals surface area contributed by atoms with Crippen molar-refractivity contribution in [2.24, 2.45) is 17.6 Å². The van der Waals surface area contributed by atoms with Crippen molar-refractivity contribution in [2.45, 2.75) is 20.1 Å². The van der Waals surface area contributed by atoms with E-state index in [1.807, 2.05) is 0 Å². The Hall–Kier alpha value is -1.56. The number of nitrogens with two attached hydrogens (primary N) is 1. The number of anilines is 1. The number of hydrogen-bond donors (Lipinski definition) is 2. The van der Waals surface area contributed by atoms with Crippen molar-refractivity contribution in [1.82, 2.24) is 0 Å². The summed E-state index contributed by atoms with van der Waals surface area (Å²) >= 11 is 0. The molecule has 6 heteroatoms. The van der Waals surface area contributed by atoms with Crippen LogP contribution in [0.2, 0.25) is 0 Å². The highest BCUT2D eigenvalue weighted by molar-refractivity contribution is 5.55. The van der Waals surface area contributed by atoms with E-state index in [1.165, 1.54) is 12.1 Å². The average molecular weight is 272 g/mol. The van der Waals surface area contributed by atoms with Crippen LogP contribution in [-0.2, 0) is 0 Å². The monoisotopic (exact) mass is 272 g/mol. The molecular formula is C13H18F2N2O2. The number of hydrogen-bond acceptors (Lipinski definition) is 4. The highest BCUT2D eigenvalue weighted by atomic mass is 19.3. The third-order valence-corrected chi connectivity index (χ3v) is 3.22. The van der Waals surface area contributed by atoms with Crippen molar-refractivity contribution in [1.29, 1.82) is 0 Å². The normalized spacial score (nSPS) is 17.6. The fourth-order valence-corrected chi connectivity index (χ4v) is 1.90. The standard InChI is InChI=1S/C13H18F2N2O2/c1-8(2)9(6-16)7-17-10-3-4-11-12(5-10)19-13(14,15)18-11/h3-5,8-9,17H,6-7,16H2,1-2H3. The average Bonchev–Trinajstić information content (AvgIpc) is 2.62. The van der Waals surface area contributed by atoms with Gasteiger partial charge in [0.25, 0.3) is 0 Å². The van der Waals surface area contributed by atoms with Crippen molar-refractivity contribution in [3.63, 3.8) is 0 Å². The van der Waals surface area contributed by atoms with Gasteiger partial charge >= 0.3 is 6.29 Å². The van der Waals surface area contributed by atoms with Crippen LogP contribution in [0.15, 0.2) is 18.2 Å². The third-order valence-electron chi connectivity index (χ3n) is 3.22. The molecule has 1 heterocycles. The Morgan fingerprint density at radius 3 is 2.58 bits per heavy atom. The van der Waals surface area contributed by atoms with Gasteiger partial charge in [0.2, 0.25) is 0 Å². The molecule has 0 saturated carbocycles. The van der Waals surface area contributed by atoms with Crippen LogP contribution in [0.1, 0.15) is 13.8 Å². The summed E-state index contributed by atoms with van der Waals surface area (Å²) in [5.74, 6) is 0.876. The molecule has 1 aromatic carbocycles. The van der Waals surface area contributed by atoms with Gasteiger partial charge in [-0.25, -0.2) is 0 Å². The van der Waals surface area contributed by atoms with E-state index in [4.69, 9.17) is 5.73 Å².